The molecule has 4 heteroatoms. The molecule has 0 aromatic carbocycles. The van der Waals surface area contributed by atoms with Gasteiger partial charge in [-0.1, -0.05) is 0 Å². The lowest BCUT2D eigenvalue weighted by Crippen LogP contribution is -2.32. The zero-order chi connectivity index (χ0) is 10.5. The summed E-state index contributed by atoms with van der Waals surface area (Å²) in [6.45, 7) is 5.74. The maximum absolute atomic E-state index is 12.9. The Kier molecular flexibility index (Phi) is 5.40. The van der Waals surface area contributed by atoms with Gasteiger partial charge in [0.2, 0.25) is 0 Å². The minimum atomic E-state index is -2.88. The summed E-state index contributed by atoms with van der Waals surface area (Å²) in [6, 6.07) is 0. The third-order valence-electron chi connectivity index (χ3n) is 1.26. The summed E-state index contributed by atoms with van der Waals surface area (Å²) in [6.07, 6.45) is -0.352. The molecule has 0 aliphatic carbocycles. The molecule has 0 radical (unpaired) electrons. The highest BCUT2D eigenvalue weighted by atomic mass is 19.3. The zero-order valence-corrected chi connectivity index (χ0v) is 8.64. The van der Waals surface area contributed by atoms with Gasteiger partial charge >= 0.3 is 0 Å². The van der Waals surface area contributed by atoms with Gasteiger partial charge in [-0.25, -0.2) is 8.78 Å². The van der Waals surface area contributed by atoms with Crippen LogP contribution in [0.1, 0.15) is 27.7 Å². The molecule has 0 atom stereocenters. The summed E-state index contributed by atoms with van der Waals surface area (Å²) in [4.78, 5) is 0. The first kappa shape index (κ1) is 12.8. The Bertz CT molecular complexity index is 122. The van der Waals surface area contributed by atoms with Crippen LogP contribution in [0.2, 0.25) is 0 Å². The van der Waals surface area contributed by atoms with E-state index in [2.05, 4.69) is 0 Å². The van der Waals surface area contributed by atoms with Crippen molar-refractivity contribution < 1.29 is 18.3 Å². The van der Waals surface area contributed by atoms with Crippen molar-refractivity contribution >= 4 is 0 Å². The van der Waals surface area contributed by atoms with Gasteiger partial charge in [0.15, 0.2) is 0 Å². The fraction of sp³-hybridized carbons (Fsp3) is 1.00. The van der Waals surface area contributed by atoms with Gasteiger partial charge in [0.1, 0.15) is 13.2 Å². The van der Waals surface area contributed by atoms with Crippen LogP contribution in [0.15, 0.2) is 0 Å². The Morgan fingerprint density at radius 1 is 0.923 bits per heavy atom. The van der Waals surface area contributed by atoms with E-state index in [1.807, 2.05) is 0 Å². The van der Waals surface area contributed by atoms with Gasteiger partial charge in [-0.15, -0.1) is 0 Å². The largest absolute Gasteiger partial charge is 0.372 e. The van der Waals surface area contributed by atoms with Gasteiger partial charge in [-0.05, 0) is 27.7 Å². The van der Waals surface area contributed by atoms with Crippen molar-refractivity contribution in [2.24, 2.45) is 0 Å². The second kappa shape index (κ2) is 5.50. The molecule has 0 aromatic rings. The predicted octanol–water partition coefficient (Wildman–Crippen LogP) is 2.47. The Balaban J connectivity index is 3.66. The quantitative estimate of drug-likeness (QED) is 0.649. The molecule has 0 fully saturated rings. The first-order chi connectivity index (χ1) is 5.83. The van der Waals surface area contributed by atoms with Gasteiger partial charge in [-0.3, -0.25) is 0 Å². The van der Waals surface area contributed by atoms with Crippen LogP contribution in [0.25, 0.3) is 0 Å². The number of hydrogen-bond donors (Lipinski definition) is 0. The highest BCUT2D eigenvalue weighted by Gasteiger charge is 2.30. The van der Waals surface area contributed by atoms with Crippen molar-refractivity contribution in [3.05, 3.63) is 0 Å². The molecule has 0 saturated heterocycles. The maximum Gasteiger partial charge on any atom is 0.293 e. The molecule has 0 saturated carbocycles. The maximum atomic E-state index is 12.9. The number of hydrogen-bond acceptors (Lipinski definition) is 2. The van der Waals surface area contributed by atoms with Crippen LogP contribution in [0.4, 0.5) is 8.78 Å². The van der Waals surface area contributed by atoms with Crippen LogP contribution in [0, 0.1) is 0 Å². The van der Waals surface area contributed by atoms with Crippen LogP contribution in [-0.2, 0) is 9.47 Å². The average Bonchev–Trinajstić information content (AvgIpc) is 1.98. The topological polar surface area (TPSA) is 18.5 Å². The Morgan fingerprint density at radius 3 is 1.46 bits per heavy atom. The fourth-order valence-corrected chi connectivity index (χ4v) is 0.619. The van der Waals surface area contributed by atoms with E-state index in [9.17, 15) is 8.78 Å². The molecule has 0 N–H and O–H groups in total. The summed E-state index contributed by atoms with van der Waals surface area (Å²) in [5.74, 6) is -2.88. The van der Waals surface area contributed by atoms with E-state index in [1.165, 1.54) is 0 Å². The van der Waals surface area contributed by atoms with Gasteiger partial charge < -0.3 is 9.47 Å². The van der Waals surface area contributed by atoms with E-state index in [-0.39, 0.29) is 12.2 Å². The molecule has 0 amide bonds. The minimum Gasteiger partial charge on any atom is -0.372 e. The third-order valence-corrected chi connectivity index (χ3v) is 1.26. The van der Waals surface area contributed by atoms with Crippen LogP contribution < -0.4 is 0 Å². The lowest BCUT2D eigenvalue weighted by atomic mass is 10.3. The molecular weight excluding hydrogens is 178 g/mol. The average molecular weight is 196 g/mol. The zero-order valence-electron chi connectivity index (χ0n) is 8.64. The van der Waals surface area contributed by atoms with Crippen LogP contribution in [0.3, 0.4) is 0 Å². The molecule has 0 aliphatic heterocycles. The molecule has 13 heavy (non-hydrogen) atoms. The Labute approximate surface area is 78.2 Å². The van der Waals surface area contributed by atoms with E-state index in [4.69, 9.17) is 9.47 Å². The smallest absolute Gasteiger partial charge is 0.293 e. The summed E-state index contributed by atoms with van der Waals surface area (Å²) < 4.78 is 35.4. The fourth-order valence-electron chi connectivity index (χ4n) is 0.619. The molecule has 2 nitrogen and oxygen atoms in total. The van der Waals surface area contributed by atoms with E-state index >= 15 is 0 Å². The van der Waals surface area contributed by atoms with E-state index in [0.717, 1.165) is 0 Å². The van der Waals surface area contributed by atoms with Gasteiger partial charge in [0, 0.05) is 0 Å². The molecule has 0 heterocycles. The summed E-state index contributed by atoms with van der Waals surface area (Å²) >= 11 is 0. The monoisotopic (exact) mass is 196 g/mol. The highest BCUT2D eigenvalue weighted by Crippen LogP contribution is 2.15. The van der Waals surface area contributed by atoms with Crippen molar-refractivity contribution in [1.82, 2.24) is 0 Å². The Hall–Kier alpha value is -0.220. The second-order valence-electron chi connectivity index (χ2n) is 3.58. The first-order valence-corrected chi connectivity index (χ1v) is 4.44. The molecule has 0 bridgehead atoms. The number of ether oxygens (including phenoxy) is 2. The highest BCUT2D eigenvalue weighted by molar-refractivity contribution is 4.64. The standard InChI is InChI=1S/C9H18F2O2/c1-7(2)12-5-9(10,11)6-13-8(3)4/h7-8H,5-6H2,1-4H3. The van der Waals surface area contributed by atoms with Crippen molar-refractivity contribution in [3.63, 3.8) is 0 Å². The molecule has 0 spiro atoms. The van der Waals surface area contributed by atoms with E-state index in [0.29, 0.717) is 0 Å². The predicted molar refractivity (Wildman–Crippen MR) is 47.1 cm³/mol. The number of alkyl halides is 2. The molecule has 0 aliphatic rings. The molecule has 0 aromatic heterocycles. The van der Waals surface area contributed by atoms with E-state index in [1.54, 1.807) is 27.7 Å². The molecule has 80 valence electrons. The summed E-state index contributed by atoms with van der Waals surface area (Å²) in [7, 11) is 0. The number of halogens is 2. The van der Waals surface area contributed by atoms with Gasteiger partial charge in [-0.2, -0.15) is 0 Å². The Morgan fingerprint density at radius 2 is 1.23 bits per heavy atom. The van der Waals surface area contributed by atoms with Crippen LogP contribution in [-0.4, -0.2) is 31.3 Å². The second-order valence-corrected chi connectivity index (χ2v) is 3.58. The normalized spacial score (nSPS) is 12.9. The summed E-state index contributed by atoms with van der Waals surface area (Å²) in [5.41, 5.74) is 0. The minimum absolute atomic E-state index is 0.176. The van der Waals surface area contributed by atoms with Crippen molar-refractivity contribution in [2.45, 2.75) is 45.8 Å². The summed E-state index contributed by atoms with van der Waals surface area (Å²) in [5, 5.41) is 0. The van der Waals surface area contributed by atoms with Crippen LogP contribution in [0.5, 0.6) is 0 Å². The molecule has 0 rings (SSSR count). The van der Waals surface area contributed by atoms with E-state index < -0.39 is 19.1 Å². The molecule has 0 unspecified atom stereocenters. The third kappa shape index (κ3) is 8.12. The lowest BCUT2D eigenvalue weighted by molar-refractivity contribution is -0.141. The SMILES string of the molecule is CC(C)OCC(F)(F)COC(C)C. The van der Waals surface area contributed by atoms with Crippen LogP contribution >= 0.6 is 0 Å². The van der Waals surface area contributed by atoms with Crippen molar-refractivity contribution in [3.8, 4) is 0 Å². The van der Waals surface area contributed by atoms with Crippen molar-refractivity contribution in [2.75, 3.05) is 13.2 Å². The first-order valence-electron chi connectivity index (χ1n) is 4.44. The van der Waals surface area contributed by atoms with Crippen molar-refractivity contribution in [1.29, 1.82) is 0 Å². The van der Waals surface area contributed by atoms with Gasteiger partial charge in [0.05, 0.1) is 12.2 Å². The van der Waals surface area contributed by atoms with Gasteiger partial charge in [0.25, 0.3) is 5.92 Å². The number of rotatable bonds is 6. The lowest BCUT2D eigenvalue weighted by Gasteiger charge is -2.19. The molecular formula is C9H18F2O2.